The van der Waals surface area contributed by atoms with Crippen molar-refractivity contribution in [2.45, 2.75) is 67.2 Å². The van der Waals surface area contributed by atoms with Crippen molar-refractivity contribution in [1.82, 2.24) is 15.0 Å². The molecule has 0 aromatic carbocycles. The summed E-state index contributed by atoms with van der Waals surface area (Å²) in [4.78, 5) is 54.7. The number of fused-ring (bicyclic) bond motifs is 7. The van der Waals surface area contributed by atoms with Gasteiger partial charge in [-0.3, -0.25) is 14.4 Å². The normalized spacial score (nSPS) is 23.8. The second kappa shape index (κ2) is 12.8. The molecule has 10 heteroatoms. The molecule has 2 aliphatic heterocycles. The van der Waals surface area contributed by atoms with Crippen molar-refractivity contribution in [3.05, 3.63) is 83.6 Å². The third-order valence-electron chi connectivity index (χ3n) is 9.86. The molecule has 5 heterocycles. The van der Waals surface area contributed by atoms with Crippen molar-refractivity contribution >= 4 is 64.6 Å². The largest absolute Gasteiger partial charge is 2.00 e. The number of allylic oxidation sites excluding steroid dienone is 2. The van der Waals surface area contributed by atoms with Gasteiger partial charge in [-0.25, -0.2) is 0 Å². The van der Waals surface area contributed by atoms with E-state index in [4.69, 9.17) is 29.7 Å². The van der Waals surface area contributed by atoms with Crippen molar-refractivity contribution < 1.29 is 23.9 Å². The summed E-state index contributed by atoms with van der Waals surface area (Å²) >= 11 is 0. The smallest absolute Gasteiger partial charge is 0.664 e. The Balaban J connectivity index is 0.00000417. The monoisotopic (exact) mass is 630 g/mol. The number of hydrogen-bond donors (Lipinski definition) is 0. The van der Waals surface area contributed by atoms with Gasteiger partial charge >= 0.3 is 35.0 Å². The molecule has 3 aromatic heterocycles. The summed E-state index contributed by atoms with van der Waals surface area (Å²) in [5.74, 6) is -2.92. The molecule has 8 bridgehead atoms. The standard InChI is InChI=1S/C36H39N4O5.Mg/c1-9-20-16(3)23-13-25-18(5)22(11-12-29(41)44-7)33(39-25)31-32(36(43)45-8)35(42)30-19(6)26(40-34(30)31)15-28-21(10-2)17(4)24(38-28)14-27(20)37-23;/h13-15,18,22,32H,9-12H2,1-8H3,(H-,39,40,42);/q-3;+2/p-1/b24-14-,25-13-,28-15-;/t18-,22-,32+;/m0./s1. The van der Waals surface area contributed by atoms with Crippen molar-refractivity contribution in [1.29, 1.82) is 0 Å². The molecular formula is C36H38MgN4O5-2. The van der Waals surface area contributed by atoms with Gasteiger partial charge in [0.05, 0.1) is 14.2 Å². The first-order valence-electron chi connectivity index (χ1n) is 15.6. The van der Waals surface area contributed by atoms with E-state index < -0.39 is 11.9 Å². The Kier molecular flexibility index (Phi) is 9.34. The first kappa shape index (κ1) is 33.6. The van der Waals surface area contributed by atoms with Crippen LogP contribution < -0.4 is 25.7 Å². The topological polar surface area (TPSA) is 126 Å². The average molecular weight is 631 g/mol. The fourth-order valence-corrected chi connectivity index (χ4v) is 7.25. The number of aromatic nitrogens is 3. The number of ketones is 1. The molecule has 0 saturated carbocycles. The first-order valence-corrected chi connectivity index (χ1v) is 15.6. The molecule has 0 unspecified atom stereocenters. The Hall–Kier alpha value is -3.76. The van der Waals surface area contributed by atoms with Gasteiger partial charge in [0.2, 0.25) is 0 Å². The summed E-state index contributed by atoms with van der Waals surface area (Å²) in [6.45, 7) is 12.3. The molecule has 0 amide bonds. The summed E-state index contributed by atoms with van der Waals surface area (Å²) in [5.41, 5.74) is 10.1. The zero-order valence-corrected chi connectivity index (χ0v) is 29.2. The van der Waals surface area contributed by atoms with Crippen LogP contribution in [0.5, 0.6) is 0 Å². The SMILES string of the molecule is CCc1c2[n-]c(c1C)/C=C1\[N-]/C(=C3\c4[n-]c(c(C)c4C(=O)[C@@H]3C(=O)OC)/C=c3\[n-]/c(c(C)c3CC)=C\2)[C@@H](CCC(=O)OC)[C@@H]1C.[Mg+2]. The molecule has 3 atom stereocenters. The molecule has 3 aliphatic rings. The molecule has 6 rings (SSSR count). The third kappa shape index (κ3) is 5.19. The van der Waals surface area contributed by atoms with Gasteiger partial charge in [-0.05, 0) is 51.9 Å². The Labute approximate surface area is 285 Å². The number of rotatable bonds is 6. The number of hydrogen-bond acceptors (Lipinski definition) is 5. The van der Waals surface area contributed by atoms with Gasteiger partial charge in [0.25, 0.3) is 0 Å². The van der Waals surface area contributed by atoms with Crippen LogP contribution >= 0.6 is 0 Å². The number of esters is 2. The van der Waals surface area contributed by atoms with Crippen LogP contribution in [-0.4, -0.2) is 55.0 Å². The quantitative estimate of drug-likeness (QED) is 0.230. The van der Waals surface area contributed by atoms with E-state index >= 15 is 0 Å². The van der Waals surface area contributed by atoms with Gasteiger partial charge in [0, 0.05) is 12.0 Å². The van der Waals surface area contributed by atoms with Crippen LogP contribution in [-0.2, 0) is 31.9 Å². The fourth-order valence-electron chi connectivity index (χ4n) is 7.25. The van der Waals surface area contributed by atoms with Crippen LogP contribution in [0.1, 0.15) is 94.6 Å². The Morgan fingerprint density at radius 1 is 0.826 bits per heavy atom. The zero-order chi connectivity index (χ0) is 32.3. The maximum absolute atomic E-state index is 14.0. The Bertz CT molecular complexity index is 1950. The molecule has 3 aromatic rings. The van der Waals surface area contributed by atoms with Gasteiger partial charge in [-0.1, -0.05) is 72.4 Å². The van der Waals surface area contributed by atoms with Gasteiger partial charge in [0.1, 0.15) is 5.92 Å². The zero-order valence-electron chi connectivity index (χ0n) is 27.8. The van der Waals surface area contributed by atoms with E-state index in [1.807, 2.05) is 19.1 Å². The molecule has 1 saturated heterocycles. The minimum Gasteiger partial charge on any atom is -0.664 e. The predicted octanol–water partition coefficient (Wildman–Crippen LogP) is 3.53. The van der Waals surface area contributed by atoms with E-state index in [9.17, 15) is 14.4 Å². The molecule has 0 N–H and O–H groups in total. The van der Waals surface area contributed by atoms with Crippen LogP contribution in [0, 0.1) is 38.5 Å². The Morgan fingerprint density at radius 3 is 2.15 bits per heavy atom. The molecule has 0 radical (unpaired) electrons. The number of carbonyl (C=O) groups is 3. The maximum Gasteiger partial charge on any atom is 2.00 e. The fraction of sp³-hybridized carbons (Fsp3) is 0.417. The molecule has 46 heavy (non-hydrogen) atoms. The molecule has 236 valence electrons. The number of ether oxygens (including phenoxy) is 2. The summed E-state index contributed by atoms with van der Waals surface area (Å²) in [6.07, 6.45) is 8.19. The van der Waals surface area contributed by atoms with Gasteiger partial charge < -0.3 is 29.7 Å². The van der Waals surface area contributed by atoms with Crippen LogP contribution in [0.2, 0.25) is 0 Å². The predicted molar refractivity (Wildman–Crippen MR) is 176 cm³/mol. The summed E-state index contributed by atoms with van der Waals surface area (Å²) in [7, 11) is 2.65. The maximum atomic E-state index is 14.0. The number of nitrogens with zero attached hydrogens (tertiary/aromatic N) is 4. The first-order chi connectivity index (χ1) is 21.5. The van der Waals surface area contributed by atoms with E-state index in [-0.39, 0.29) is 53.1 Å². The summed E-state index contributed by atoms with van der Waals surface area (Å²) < 4.78 is 10.1. The van der Waals surface area contributed by atoms with Gasteiger partial charge in [-0.15, -0.1) is 33.5 Å². The number of methoxy groups -OCH3 is 2. The summed E-state index contributed by atoms with van der Waals surface area (Å²) in [5, 5.41) is 6.80. The summed E-state index contributed by atoms with van der Waals surface area (Å²) in [6, 6.07) is 0. The minimum atomic E-state index is -1.19. The van der Waals surface area contributed by atoms with E-state index in [0.29, 0.717) is 40.2 Å². The van der Waals surface area contributed by atoms with E-state index in [2.05, 4.69) is 40.7 Å². The molecular weight excluding hydrogens is 593 g/mol. The second-order valence-corrected chi connectivity index (χ2v) is 12.1. The third-order valence-corrected chi connectivity index (χ3v) is 9.86. The van der Waals surface area contributed by atoms with E-state index in [1.54, 1.807) is 0 Å². The average Bonchev–Trinajstić information content (AvgIpc) is 3.76. The Morgan fingerprint density at radius 2 is 1.50 bits per heavy atom. The van der Waals surface area contributed by atoms with Crippen molar-refractivity contribution in [2.24, 2.45) is 17.8 Å². The van der Waals surface area contributed by atoms with Gasteiger partial charge in [-0.2, -0.15) is 11.4 Å². The second-order valence-electron chi connectivity index (χ2n) is 12.1. The van der Waals surface area contributed by atoms with Crippen molar-refractivity contribution in [3.63, 3.8) is 0 Å². The van der Waals surface area contributed by atoms with E-state index in [0.717, 1.165) is 62.9 Å². The molecule has 1 aliphatic carbocycles. The number of Topliss-reactive ketones (excluding diaryl/α,β-unsaturated/α-hetero) is 1. The van der Waals surface area contributed by atoms with Crippen molar-refractivity contribution in [2.75, 3.05) is 14.2 Å². The van der Waals surface area contributed by atoms with Crippen LogP contribution in [0.3, 0.4) is 0 Å². The molecule has 0 spiro atoms. The van der Waals surface area contributed by atoms with Crippen LogP contribution in [0.25, 0.3) is 29.1 Å². The van der Waals surface area contributed by atoms with Crippen LogP contribution in [0.15, 0.2) is 11.4 Å². The van der Waals surface area contributed by atoms with Gasteiger partial charge in [0.15, 0.2) is 5.78 Å². The van der Waals surface area contributed by atoms with E-state index in [1.165, 1.54) is 14.2 Å². The number of carbonyl (C=O) groups excluding carboxylic acids is 3. The van der Waals surface area contributed by atoms with Crippen molar-refractivity contribution in [3.8, 4) is 0 Å². The molecule has 1 fully saturated rings. The minimum absolute atomic E-state index is 0. The van der Waals surface area contributed by atoms with Crippen LogP contribution in [0.4, 0.5) is 0 Å². The molecule has 9 nitrogen and oxygen atoms in total.